The maximum absolute atomic E-state index is 12.9. The van der Waals surface area contributed by atoms with Crippen LogP contribution in [0.3, 0.4) is 0 Å². The van der Waals surface area contributed by atoms with Crippen LogP contribution in [0.1, 0.15) is 20.1 Å². The average molecular weight is 264 g/mol. The van der Waals surface area contributed by atoms with Crippen molar-refractivity contribution in [3.63, 3.8) is 0 Å². The van der Waals surface area contributed by atoms with Crippen molar-refractivity contribution >= 4 is 22.9 Å². The highest BCUT2D eigenvalue weighted by atomic mass is 32.1. The molecule has 1 aromatic heterocycles. The highest BCUT2D eigenvalue weighted by molar-refractivity contribution is 7.14. The molecule has 2 aromatic rings. The molecule has 18 heavy (non-hydrogen) atoms. The normalized spacial score (nSPS) is 10.3. The number of anilines is 1. The van der Waals surface area contributed by atoms with E-state index in [1.54, 1.807) is 18.2 Å². The van der Waals surface area contributed by atoms with Gasteiger partial charge in [0.2, 0.25) is 0 Å². The van der Waals surface area contributed by atoms with Gasteiger partial charge in [-0.05, 0) is 30.7 Å². The number of nitrogens with two attached hydrogens (primary N) is 1. The molecule has 1 aromatic carbocycles. The summed E-state index contributed by atoms with van der Waals surface area (Å²) >= 11 is 1.35. The van der Waals surface area contributed by atoms with E-state index in [1.165, 1.54) is 23.5 Å². The molecule has 0 spiro atoms. The molecule has 0 atom stereocenters. The fourth-order valence-electron chi connectivity index (χ4n) is 1.52. The Kier molecular flexibility index (Phi) is 3.62. The van der Waals surface area contributed by atoms with Crippen LogP contribution in [-0.2, 0) is 6.54 Å². The van der Waals surface area contributed by atoms with Crippen LogP contribution in [0.15, 0.2) is 30.3 Å². The second-order valence-electron chi connectivity index (χ2n) is 3.93. The molecule has 0 fully saturated rings. The SMILES string of the molecule is Cc1sc(C(=O)NCc2cccc(F)c2)cc1N. The Hall–Kier alpha value is -1.88. The minimum Gasteiger partial charge on any atom is -0.398 e. The van der Waals surface area contributed by atoms with Gasteiger partial charge in [0.25, 0.3) is 5.91 Å². The second-order valence-corrected chi connectivity index (χ2v) is 5.19. The number of halogens is 1. The summed E-state index contributed by atoms with van der Waals surface area (Å²) in [5.74, 6) is -0.498. The van der Waals surface area contributed by atoms with E-state index in [-0.39, 0.29) is 11.7 Å². The lowest BCUT2D eigenvalue weighted by atomic mass is 10.2. The molecule has 3 nitrogen and oxygen atoms in total. The lowest BCUT2D eigenvalue weighted by Gasteiger charge is -2.03. The third-order valence-electron chi connectivity index (χ3n) is 2.52. The van der Waals surface area contributed by atoms with Crippen LogP contribution in [0.2, 0.25) is 0 Å². The van der Waals surface area contributed by atoms with E-state index in [0.717, 1.165) is 10.4 Å². The highest BCUT2D eigenvalue weighted by Gasteiger charge is 2.10. The Morgan fingerprint density at radius 1 is 1.44 bits per heavy atom. The van der Waals surface area contributed by atoms with Crippen molar-refractivity contribution in [3.8, 4) is 0 Å². The summed E-state index contributed by atoms with van der Waals surface area (Å²) in [5, 5.41) is 2.73. The van der Waals surface area contributed by atoms with Crippen molar-refractivity contribution in [1.29, 1.82) is 0 Å². The number of hydrogen-bond acceptors (Lipinski definition) is 3. The first-order chi connectivity index (χ1) is 8.56. The van der Waals surface area contributed by atoms with Gasteiger partial charge in [-0.15, -0.1) is 11.3 Å². The smallest absolute Gasteiger partial charge is 0.261 e. The monoisotopic (exact) mass is 264 g/mol. The largest absolute Gasteiger partial charge is 0.398 e. The third kappa shape index (κ3) is 2.87. The fourth-order valence-corrected chi connectivity index (χ4v) is 2.38. The number of hydrogen-bond donors (Lipinski definition) is 2. The molecule has 2 rings (SSSR count). The average Bonchev–Trinajstić information content (AvgIpc) is 2.67. The molecule has 0 aliphatic heterocycles. The van der Waals surface area contributed by atoms with Crippen molar-refractivity contribution in [3.05, 3.63) is 51.5 Å². The Morgan fingerprint density at radius 2 is 2.22 bits per heavy atom. The van der Waals surface area contributed by atoms with E-state index in [1.807, 2.05) is 6.92 Å². The van der Waals surface area contributed by atoms with E-state index in [9.17, 15) is 9.18 Å². The van der Waals surface area contributed by atoms with Gasteiger partial charge in [0.05, 0.1) is 4.88 Å². The zero-order valence-electron chi connectivity index (χ0n) is 9.87. The van der Waals surface area contributed by atoms with Crippen LogP contribution in [0, 0.1) is 12.7 Å². The molecule has 0 saturated carbocycles. The zero-order valence-corrected chi connectivity index (χ0v) is 10.7. The summed E-state index contributed by atoms with van der Waals surface area (Å²) in [4.78, 5) is 13.3. The lowest BCUT2D eigenvalue weighted by molar-refractivity contribution is 0.0955. The van der Waals surface area contributed by atoms with Gasteiger partial charge in [0, 0.05) is 17.1 Å². The van der Waals surface area contributed by atoms with Gasteiger partial charge in [0.15, 0.2) is 0 Å². The predicted molar refractivity (Wildman–Crippen MR) is 71.0 cm³/mol. The van der Waals surface area contributed by atoms with Gasteiger partial charge in [0.1, 0.15) is 5.82 Å². The summed E-state index contributed by atoms with van der Waals surface area (Å²) in [6, 6.07) is 7.80. The topological polar surface area (TPSA) is 55.1 Å². The molecule has 0 unspecified atom stereocenters. The summed E-state index contributed by atoms with van der Waals surface area (Å²) < 4.78 is 12.9. The van der Waals surface area contributed by atoms with Crippen LogP contribution < -0.4 is 11.1 Å². The molecule has 1 heterocycles. The summed E-state index contributed by atoms with van der Waals surface area (Å²) in [5.41, 5.74) is 7.03. The van der Waals surface area contributed by atoms with Gasteiger partial charge in [-0.25, -0.2) is 4.39 Å². The number of rotatable bonds is 3. The standard InChI is InChI=1S/C13H13FN2OS/c1-8-11(15)6-12(18-8)13(17)16-7-9-3-2-4-10(14)5-9/h2-6H,7,15H2,1H3,(H,16,17). The van der Waals surface area contributed by atoms with Crippen molar-refractivity contribution in [1.82, 2.24) is 5.32 Å². The Morgan fingerprint density at radius 3 is 2.83 bits per heavy atom. The first-order valence-corrected chi connectivity index (χ1v) is 6.26. The van der Waals surface area contributed by atoms with E-state index in [2.05, 4.69) is 5.32 Å². The van der Waals surface area contributed by atoms with Crippen LogP contribution in [0.25, 0.3) is 0 Å². The van der Waals surface area contributed by atoms with E-state index >= 15 is 0 Å². The molecule has 5 heteroatoms. The minimum atomic E-state index is -0.307. The van der Waals surface area contributed by atoms with Gasteiger partial charge in [-0.2, -0.15) is 0 Å². The molecular formula is C13H13FN2OS. The first-order valence-electron chi connectivity index (χ1n) is 5.45. The Labute approximate surface area is 108 Å². The number of amides is 1. The molecule has 0 saturated heterocycles. The molecule has 0 bridgehead atoms. The number of nitrogen functional groups attached to an aromatic ring is 1. The number of benzene rings is 1. The highest BCUT2D eigenvalue weighted by Crippen LogP contribution is 2.23. The van der Waals surface area contributed by atoms with Crippen LogP contribution >= 0.6 is 11.3 Å². The van der Waals surface area contributed by atoms with Crippen LogP contribution in [-0.4, -0.2) is 5.91 Å². The molecule has 0 aliphatic carbocycles. The van der Waals surface area contributed by atoms with Crippen molar-refractivity contribution in [2.24, 2.45) is 0 Å². The number of nitrogens with one attached hydrogen (secondary N) is 1. The van der Waals surface area contributed by atoms with Crippen LogP contribution in [0.4, 0.5) is 10.1 Å². The molecule has 3 N–H and O–H groups in total. The predicted octanol–water partition coefficient (Wildman–Crippen LogP) is 2.71. The fraction of sp³-hybridized carbons (Fsp3) is 0.154. The van der Waals surface area contributed by atoms with Gasteiger partial charge in [-0.1, -0.05) is 12.1 Å². The molecule has 0 radical (unpaired) electrons. The van der Waals surface area contributed by atoms with Crippen molar-refractivity contribution in [2.75, 3.05) is 5.73 Å². The molecular weight excluding hydrogens is 251 g/mol. The maximum atomic E-state index is 12.9. The Bertz CT molecular complexity index is 561. The summed E-state index contributed by atoms with van der Waals surface area (Å²) in [6.45, 7) is 2.16. The van der Waals surface area contributed by atoms with Gasteiger partial charge < -0.3 is 11.1 Å². The summed E-state index contributed by atoms with van der Waals surface area (Å²) in [6.07, 6.45) is 0. The van der Waals surface area contributed by atoms with Gasteiger partial charge in [-0.3, -0.25) is 4.79 Å². The zero-order chi connectivity index (χ0) is 13.1. The van der Waals surface area contributed by atoms with Crippen LogP contribution in [0.5, 0.6) is 0 Å². The number of thiophene rings is 1. The summed E-state index contributed by atoms with van der Waals surface area (Å²) in [7, 11) is 0. The quantitative estimate of drug-likeness (QED) is 0.895. The minimum absolute atomic E-state index is 0.191. The van der Waals surface area contributed by atoms with E-state index in [4.69, 9.17) is 5.73 Å². The molecule has 94 valence electrons. The molecule has 0 aliphatic rings. The number of aryl methyl sites for hydroxylation is 1. The van der Waals surface area contributed by atoms with Gasteiger partial charge >= 0.3 is 0 Å². The maximum Gasteiger partial charge on any atom is 0.261 e. The Balaban J connectivity index is 2.00. The van der Waals surface area contributed by atoms with E-state index in [0.29, 0.717) is 17.1 Å². The lowest BCUT2D eigenvalue weighted by Crippen LogP contribution is -2.21. The molecule has 1 amide bonds. The van der Waals surface area contributed by atoms with Crippen molar-refractivity contribution in [2.45, 2.75) is 13.5 Å². The van der Waals surface area contributed by atoms with E-state index < -0.39 is 0 Å². The number of carbonyl (C=O) groups excluding carboxylic acids is 1. The second kappa shape index (κ2) is 5.18. The van der Waals surface area contributed by atoms with Crippen molar-refractivity contribution < 1.29 is 9.18 Å². The number of carbonyl (C=O) groups is 1. The third-order valence-corrected chi connectivity index (χ3v) is 3.59. The first kappa shape index (κ1) is 12.6.